The summed E-state index contributed by atoms with van der Waals surface area (Å²) in [6.45, 7) is 2.36. The molecule has 0 saturated carbocycles. The molecule has 0 bridgehead atoms. The third kappa shape index (κ3) is 4.50. The Morgan fingerprint density at radius 1 is 1.20 bits per heavy atom. The highest BCUT2D eigenvalue weighted by atomic mass is 79.9. The molecular weight excluding hydrogens is 402 g/mol. The third-order valence-electron chi connectivity index (χ3n) is 4.45. The molecule has 132 valence electrons. The number of halogens is 1. The second-order valence-corrected chi connectivity index (χ2v) is 9.63. The van der Waals surface area contributed by atoms with Gasteiger partial charge in [0.05, 0.1) is 11.5 Å². The molecule has 2 aromatic rings. The predicted molar refractivity (Wildman–Crippen MR) is 102 cm³/mol. The molecule has 4 nitrogen and oxygen atoms in total. The third-order valence-corrected chi connectivity index (χ3v) is 6.69. The fourth-order valence-electron chi connectivity index (χ4n) is 3.08. The van der Waals surface area contributed by atoms with Crippen molar-refractivity contribution in [2.24, 2.45) is 0 Å². The van der Waals surface area contributed by atoms with E-state index in [1.165, 1.54) is 0 Å². The molecule has 6 heteroatoms. The molecule has 2 aromatic carbocycles. The maximum Gasteiger partial charge on any atom is 0.254 e. The van der Waals surface area contributed by atoms with Crippen LogP contribution in [-0.4, -0.2) is 36.8 Å². The Morgan fingerprint density at radius 3 is 2.52 bits per heavy atom. The van der Waals surface area contributed by atoms with Crippen LogP contribution in [0.3, 0.4) is 0 Å². The number of sulfone groups is 1. The fraction of sp³-hybridized carbons (Fsp3) is 0.316. The zero-order chi connectivity index (χ0) is 18.0. The van der Waals surface area contributed by atoms with Crippen LogP contribution in [0.25, 0.3) is 0 Å². The van der Waals surface area contributed by atoms with Crippen LogP contribution in [-0.2, 0) is 16.4 Å². The number of hydrogen-bond acceptors (Lipinski definition) is 3. The first kappa shape index (κ1) is 18.1. The standard InChI is InChI=1S/C19H20BrNO3S/c1-14-5-7-16(8-6-14)19(22)21(18-9-10-25(23,24)13-18)12-15-3-2-4-17(20)11-15/h2-8,11,18H,9-10,12-13H2,1H3. The van der Waals surface area contributed by atoms with Gasteiger partial charge in [-0.1, -0.05) is 45.8 Å². The number of benzene rings is 2. The Bertz CT molecular complexity index is 878. The van der Waals surface area contributed by atoms with E-state index in [9.17, 15) is 13.2 Å². The van der Waals surface area contributed by atoms with Gasteiger partial charge in [0.1, 0.15) is 0 Å². The van der Waals surface area contributed by atoms with Gasteiger partial charge in [-0.05, 0) is 43.2 Å². The predicted octanol–water partition coefficient (Wildman–Crippen LogP) is 3.59. The maximum absolute atomic E-state index is 13.1. The molecule has 0 aromatic heterocycles. The van der Waals surface area contributed by atoms with Crippen LogP contribution in [0.15, 0.2) is 53.0 Å². The van der Waals surface area contributed by atoms with Gasteiger partial charge in [-0.15, -0.1) is 0 Å². The molecule has 0 aliphatic carbocycles. The van der Waals surface area contributed by atoms with Crippen molar-refractivity contribution in [1.29, 1.82) is 0 Å². The van der Waals surface area contributed by atoms with Crippen LogP contribution in [0.4, 0.5) is 0 Å². The van der Waals surface area contributed by atoms with E-state index in [0.29, 0.717) is 18.5 Å². The number of hydrogen-bond donors (Lipinski definition) is 0. The highest BCUT2D eigenvalue weighted by Gasteiger charge is 2.35. The van der Waals surface area contributed by atoms with E-state index in [1.54, 1.807) is 17.0 Å². The SMILES string of the molecule is Cc1ccc(C(=O)N(Cc2cccc(Br)c2)C2CCS(=O)(=O)C2)cc1. The number of nitrogens with zero attached hydrogens (tertiary/aromatic N) is 1. The average Bonchev–Trinajstić information content (AvgIpc) is 2.92. The Kier molecular flexibility index (Phi) is 5.29. The summed E-state index contributed by atoms with van der Waals surface area (Å²) in [4.78, 5) is 14.8. The average molecular weight is 422 g/mol. The minimum absolute atomic E-state index is 0.0403. The molecular formula is C19H20BrNO3S. The zero-order valence-electron chi connectivity index (χ0n) is 14.0. The Labute approximate surface area is 156 Å². The molecule has 1 amide bonds. The van der Waals surface area contributed by atoms with Gasteiger partial charge in [-0.3, -0.25) is 4.79 Å². The number of amides is 1. The quantitative estimate of drug-likeness (QED) is 0.757. The normalized spacial score (nSPS) is 18.9. The molecule has 1 fully saturated rings. The molecule has 0 spiro atoms. The maximum atomic E-state index is 13.1. The molecule has 25 heavy (non-hydrogen) atoms. The van der Waals surface area contributed by atoms with Gasteiger partial charge in [0.15, 0.2) is 9.84 Å². The minimum Gasteiger partial charge on any atom is -0.330 e. The Balaban J connectivity index is 1.91. The van der Waals surface area contributed by atoms with Gasteiger partial charge in [0.2, 0.25) is 0 Å². The van der Waals surface area contributed by atoms with Gasteiger partial charge in [-0.25, -0.2) is 8.42 Å². The van der Waals surface area contributed by atoms with Crippen molar-refractivity contribution in [2.45, 2.75) is 25.9 Å². The summed E-state index contributed by atoms with van der Waals surface area (Å²) in [5, 5.41) is 0. The molecule has 0 radical (unpaired) electrons. The summed E-state index contributed by atoms with van der Waals surface area (Å²) in [5.74, 6) is 0.0639. The van der Waals surface area contributed by atoms with E-state index >= 15 is 0 Å². The topological polar surface area (TPSA) is 54.5 Å². The van der Waals surface area contributed by atoms with E-state index in [1.807, 2.05) is 43.3 Å². The molecule has 1 atom stereocenters. The van der Waals surface area contributed by atoms with E-state index in [0.717, 1.165) is 15.6 Å². The van der Waals surface area contributed by atoms with Crippen LogP contribution in [0.5, 0.6) is 0 Å². The van der Waals surface area contributed by atoms with Crippen LogP contribution in [0, 0.1) is 6.92 Å². The second kappa shape index (κ2) is 7.30. The lowest BCUT2D eigenvalue weighted by Crippen LogP contribution is -2.40. The lowest BCUT2D eigenvalue weighted by molar-refractivity contribution is 0.0681. The van der Waals surface area contributed by atoms with Crippen molar-refractivity contribution >= 4 is 31.7 Å². The monoisotopic (exact) mass is 421 g/mol. The lowest BCUT2D eigenvalue weighted by Gasteiger charge is -2.28. The summed E-state index contributed by atoms with van der Waals surface area (Å²) in [5.41, 5.74) is 2.64. The van der Waals surface area contributed by atoms with Crippen molar-refractivity contribution in [3.05, 3.63) is 69.7 Å². The zero-order valence-corrected chi connectivity index (χ0v) is 16.4. The van der Waals surface area contributed by atoms with E-state index in [-0.39, 0.29) is 23.5 Å². The fourth-order valence-corrected chi connectivity index (χ4v) is 5.26. The first-order valence-corrected chi connectivity index (χ1v) is 10.8. The number of rotatable bonds is 4. The van der Waals surface area contributed by atoms with E-state index in [4.69, 9.17) is 0 Å². The summed E-state index contributed by atoms with van der Waals surface area (Å²) in [6, 6.07) is 14.9. The summed E-state index contributed by atoms with van der Waals surface area (Å²) in [7, 11) is -3.07. The lowest BCUT2D eigenvalue weighted by atomic mass is 10.1. The first-order valence-electron chi connectivity index (χ1n) is 8.16. The Morgan fingerprint density at radius 2 is 1.92 bits per heavy atom. The van der Waals surface area contributed by atoms with Crippen molar-refractivity contribution in [3.63, 3.8) is 0 Å². The molecule has 1 heterocycles. The molecule has 1 aliphatic heterocycles. The number of aryl methyl sites for hydroxylation is 1. The highest BCUT2D eigenvalue weighted by Crippen LogP contribution is 2.23. The van der Waals surface area contributed by atoms with Gasteiger partial charge in [0.25, 0.3) is 5.91 Å². The molecule has 1 saturated heterocycles. The summed E-state index contributed by atoms with van der Waals surface area (Å²) >= 11 is 3.44. The van der Waals surface area contributed by atoms with Crippen molar-refractivity contribution in [3.8, 4) is 0 Å². The van der Waals surface area contributed by atoms with Gasteiger partial charge >= 0.3 is 0 Å². The Hall–Kier alpha value is -1.66. The van der Waals surface area contributed by atoms with Crippen LogP contribution in [0.1, 0.15) is 27.9 Å². The van der Waals surface area contributed by atoms with Gasteiger partial charge in [0, 0.05) is 22.6 Å². The molecule has 1 unspecified atom stereocenters. The van der Waals surface area contributed by atoms with E-state index < -0.39 is 9.84 Å². The summed E-state index contributed by atoms with van der Waals surface area (Å²) < 4.78 is 24.8. The first-order chi connectivity index (χ1) is 11.8. The van der Waals surface area contributed by atoms with Crippen molar-refractivity contribution < 1.29 is 13.2 Å². The summed E-state index contributed by atoms with van der Waals surface area (Å²) in [6.07, 6.45) is 0.494. The van der Waals surface area contributed by atoms with Crippen molar-refractivity contribution in [2.75, 3.05) is 11.5 Å². The van der Waals surface area contributed by atoms with Gasteiger partial charge in [-0.2, -0.15) is 0 Å². The number of carbonyl (C=O) groups excluding carboxylic acids is 1. The largest absolute Gasteiger partial charge is 0.330 e. The van der Waals surface area contributed by atoms with E-state index in [2.05, 4.69) is 15.9 Å². The number of carbonyl (C=O) groups is 1. The van der Waals surface area contributed by atoms with Crippen molar-refractivity contribution in [1.82, 2.24) is 4.90 Å². The minimum atomic E-state index is -3.07. The molecule has 3 rings (SSSR count). The molecule has 0 N–H and O–H groups in total. The highest BCUT2D eigenvalue weighted by molar-refractivity contribution is 9.10. The van der Waals surface area contributed by atoms with Gasteiger partial charge < -0.3 is 4.90 Å². The smallest absolute Gasteiger partial charge is 0.254 e. The second-order valence-electron chi connectivity index (χ2n) is 6.49. The van der Waals surface area contributed by atoms with Crippen LogP contribution >= 0.6 is 15.9 Å². The molecule has 1 aliphatic rings. The van der Waals surface area contributed by atoms with Crippen LogP contribution in [0.2, 0.25) is 0 Å². The van der Waals surface area contributed by atoms with Crippen LogP contribution < -0.4 is 0 Å².